The van der Waals surface area contributed by atoms with E-state index in [2.05, 4.69) is 10.6 Å². The number of anilines is 2. The number of amides is 2. The number of hydrogen-bond donors (Lipinski definition) is 2. The first-order chi connectivity index (χ1) is 14.9. The highest BCUT2D eigenvalue weighted by Gasteiger charge is 2.10. The third kappa shape index (κ3) is 5.90. The first-order valence-corrected chi connectivity index (χ1v) is 10.1. The smallest absolute Gasteiger partial charge is 0.262 e. The van der Waals surface area contributed by atoms with Crippen molar-refractivity contribution in [2.45, 2.75) is 6.92 Å². The van der Waals surface area contributed by atoms with Crippen LogP contribution in [0.5, 0.6) is 11.5 Å². The summed E-state index contributed by atoms with van der Waals surface area (Å²) in [6.45, 7) is 1.64. The third-order valence-corrected chi connectivity index (χ3v) is 5.14. The molecule has 0 atom stereocenters. The standard InChI is InChI=1S/C23H20Cl2N2O4/c1-14-18(24)4-3-5-20(14)27-22(28)13-31-17-9-6-15(7-10-17)23(29)26-16-8-11-21(30-2)19(25)12-16/h3-12H,13H2,1-2H3,(H,26,29)(H,27,28). The number of halogens is 2. The minimum absolute atomic E-state index is 0.179. The number of carbonyl (C=O) groups is 2. The van der Waals surface area contributed by atoms with Crippen LogP contribution in [0.15, 0.2) is 60.7 Å². The van der Waals surface area contributed by atoms with Crippen molar-refractivity contribution in [1.29, 1.82) is 0 Å². The van der Waals surface area contributed by atoms with Crippen LogP contribution in [0.1, 0.15) is 15.9 Å². The molecule has 0 bridgehead atoms. The molecule has 0 fully saturated rings. The first kappa shape index (κ1) is 22.5. The number of rotatable bonds is 7. The lowest BCUT2D eigenvalue weighted by atomic mass is 10.2. The van der Waals surface area contributed by atoms with Gasteiger partial charge in [-0.1, -0.05) is 29.3 Å². The number of nitrogens with one attached hydrogen (secondary N) is 2. The van der Waals surface area contributed by atoms with Crippen LogP contribution >= 0.6 is 23.2 Å². The Balaban J connectivity index is 1.54. The van der Waals surface area contributed by atoms with Gasteiger partial charge in [0.2, 0.25) is 0 Å². The van der Waals surface area contributed by atoms with Gasteiger partial charge in [0.15, 0.2) is 6.61 Å². The quantitative estimate of drug-likeness (QED) is 0.484. The summed E-state index contributed by atoms with van der Waals surface area (Å²) in [5.41, 5.74) is 2.39. The molecule has 0 aliphatic carbocycles. The largest absolute Gasteiger partial charge is 0.495 e. The topological polar surface area (TPSA) is 76.7 Å². The zero-order valence-corrected chi connectivity index (χ0v) is 18.4. The van der Waals surface area contributed by atoms with Crippen molar-refractivity contribution in [1.82, 2.24) is 0 Å². The zero-order chi connectivity index (χ0) is 22.4. The molecule has 6 nitrogen and oxygen atoms in total. The molecule has 0 unspecified atom stereocenters. The van der Waals surface area contributed by atoms with Gasteiger partial charge in [0.1, 0.15) is 11.5 Å². The van der Waals surface area contributed by atoms with Crippen molar-refractivity contribution in [3.63, 3.8) is 0 Å². The van der Waals surface area contributed by atoms with E-state index in [1.807, 2.05) is 6.92 Å². The zero-order valence-electron chi connectivity index (χ0n) is 16.9. The Labute approximate surface area is 190 Å². The van der Waals surface area contributed by atoms with Crippen LogP contribution in [0, 0.1) is 6.92 Å². The molecule has 0 aliphatic heterocycles. The lowest BCUT2D eigenvalue weighted by Crippen LogP contribution is -2.20. The van der Waals surface area contributed by atoms with Crippen LogP contribution in [-0.4, -0.2) is 25.5 Å². The normalized spacial score (nSPS) is 10.3. The van der Waals surface area contributed by atoms with Crippen LogP contribution in [0.2, 0.25) is 10.0 Å². The average molecular weight is 459 g/mol. The minimum atomic E-state index is -0.316. The van der Waals surface area contributed by atoms with Crippen LogP contribution in [0.25, 0.3) is 0 Å². The Bertz CT molecular complexity index is 1100. The van der Waals surface area contributed by atoms with Gasteiger partial charge in [-0.05, 0) is 67.1 Å². The molecule has 0 aliphatic rings. The van der Waals surface area contributed by atoms with Gasteiger partial charge in [0, 0.05) is 22.0 Å². The summed E-state index contributed by atoms with van der Waals surface area (Å²) in [7, 11) is 1.52. The average Bonchev–Trinajstić information content (AvgIpc) is 2.76. The highest BCUT2D eigenvalue weighted by atomic mass is 35.5. The molecular formula is C23H20Cl2N2O4. The van der Waals surface area contributed by atoms with E-state index in [9.17, 15) is 9.59 Å². The van der Waals surface area contributed by atoms with Crippen molar-refractivity contribution < 1.29 is 19.1 Å². The molecule has 0 radical (unpaired) electrons. The number of carbonyl (C=O) groups excluding carboxylic acids is 2. The van der Waals surface area contributed by atoms with E-state index in [-0.39, 0.29) is 18.4 Å². The molecule has 0 spiro atoms. The van der Waals surface area contributed by atoms with Crippen molar-refractivity contribution in [3.05, 3.63) is 81.8 Å². The summed E-state index contributed by atoms with van der Waals surface area (Å²) in [5.74, 6) is 0.364. The van der Waals surface area contributed by atoms with Crippen LogP contribution in [0.4, 0.5) is 11.4 Å². The molecule has 3 aromatic carbocycles. The second-order valence-electron chi connectivity index (χ2n) is 6.58. The predicted molar refractivity (Wildman–Crippen MR) is 123 cm³/mol. The molecule has 3 rings (SSSR count). The van der Waals surface area contributed by atoms with Crippen LogP contribution < -0.4 is 20.1 Å². The lowest BCUT2D eigenvalue weighted by Gasteiger charge is -2.11. The van der Waals surface area contributed by atoms with E-state index in [1.54, 1.807) is 60.7 Å². The van der Waals surface area contributed by atoms with Gasteiger partial charge in [-0.2, -0.15) is 0 Å². The fourth-order valence-corrected chi connectivity index (χ4v) is 3.16. The lowest BCUT2D eigenvalue weighted by molar-refractivity contribution is -0.118. The van der Waals surface area contributed by atoms with Crippen molar-refractivity contribution in [3.8, 4) is 11.5 Å². The molecule has 0 heterocycles. The molecule has 160 valence electrons. The maximum absolute atomic E-state index is 12.4. The molecule has 2 N–H and O–H groups in total. The molecule has 8 heteroatoms. The second kappa shape index (κ2) is 10.2. The molecule has 3 aromatic rings. The van der Waals surface area contributed by atoms with Gasteiger partial charge in [0.25, 0.3) is 11.8 Å². The maximum Gasteiger partial charge on any atom is 0.262 e. The molecular weight excluding hydrogens is 439 g/mol. The van der Waals surface area contributed by atoms with E-state index in [4.69, 9.17) is 32.7 Å². The third-order valence-electron chi connectivity index (χ3n) is 4.44. The monoisotopic (exact) mass is 458 g/mol. The van der Waals surface area contributed by atoms with Crippen molar-refractivity contribution in [2.75, 3.05) is 24.4 Å². The molecule has 0 saturated heterocycles. The number of methoxy groups -OCH3 is 1. The summed E-state index contributed by atoms with van der Waals surface area (Å²) in [4.78, 5) is 24.6. The second-order valence-corrected chi connectivity index (χ2v) is 7.39. The Morgan fingerprint density at radius 1 is 0.935 bits per heavy atom. The molecule has 0 saturated carbocycles. The SMILES string of the molecule is COc1ccc(NC(=O)c2ccc(OCC(=O)Nc3cccc(Cl)c3C)cc2)cc1Cl. The number of benzene rings is 3. The Morgan fingerprint density at radius 2 is 1.68 bits per heavy atom. The first-order valence-electron chi connectivity index (χ1n) is 9.30. The number of ether oxygens (including phenoxy) is 2. The van der Waals surface area contributed by atoms with Crippen LogP contribution in [-0.2, 0) is 4.79 Å². The summed E-state index contributed by atoms with van der Waals surface area (Å²) >= 11 is 12.1. The number of hydrogen-bond acceptors (Lipinski definition) is 4. The fraction of sp³-hybridized carbons (Fsp3) is 0.130. The summed E-state index contributed by atoms with van der Waals surface area (Å²) in [5, 5.41) is 6.49. The van der Waals surface area contributed by atoms with E-state index >= 15 is 0 Å². The van der Waals surface area contributed by atoms with Gasteiger partial charge in [-0.15, -0.1) is 0 Å². The molecule has 0 aromatic heterocycles. The van der Waals surface area contributed by atoms with E-state index < -0.39 is 0 Å². The Hall–Kier alpha value is -3.22. The minimum Gasteiger partial charge on any atom is -0.495 e. The fourth-order valence-electron chi connectivity index (χ4n) is 2.73. The van der Waals surface area contributed by atoms with E-state index in [1.165, 1.54) is 7.11 Å². The van der Waals surface area contributed by atoms with Gasteiger partial charge in [-0.25, -0.2) is 0 Å². The van der Waals surface area contributed by atoms with Crippen LogP contribution in [0.3, 0.4) is 0 Å². The Morgan fingerprint density at radius 3 is 2.35 bits per heavy atom. The maximum atomic E-state index is 12.4. The van der Waals surface area contributed by atoms with Gasteiger partial charge in [-0.3, -0.25) is 9.59 Å². The van der Waals surface area contributed by atoms with Gasteiger partial charge >= 0.3 is 0 Å². The summed E-state index contributed by atoms with van der Waals surface area (Å²) in [6, 6.07) is 16.7. The Kier molecular flexibility index (Phi) is 7.39. The molecule has 31 heavy (non-hydrogen) atoms. The van der Waals surface area contributed by atoms with Gasteiger partial charge in [0.05, 0.1) is 12.1 Å². The van der Waals surface area contributed by atoms with E-state index in [0.29, 0.717) is 38.5 Å². The highest BCUT2D eigenvalue weighted by molar-refractivity contribution is 6.32. The molecule has 2 amide bonds. The summed E-state index contributed by atoms with van der Waals surface area (Å²) in [6.07, 6.45) is 0. The van der Waals surface area contributed by atoms with E-state index in [0.717, 1.165) is 5.56 Å². The summed E-state index contributed by atoms with van der Waals surface area (Å²) < 4.78 is 10.6. The highest BCUT2D eigenvalue weighted by Crippen LogP contribution is 2.27. The van der Waals surface area contributed by atoms with Gasteiger partial charge < -0.3 is 20.1 Å². The van der Waals surface area contributed by atoms with Crippen molar-refractivity contribution >= 4 is 46.4 Å². The predicted octanol–water partition coefficient (Wildman–Crippen LogP) is 5.58. The van der Waals surface area contributed by atoms with Crippen molar-refractivity contribution in [2.24, 2.45) is 0 Å².